The number of carboxylic acid groups (broad SMARTS) is 1. The molecular formula is C15H14N4O3. The van der Waals surface area contributed by atoms with Crippen LogP contribution in [0.5, 0.6) is 5.75 Å². The van der Waals surface area contributed by atoms with Crippen LogP contribution in [-0.4, -0.2) is 26.6 Å². The Hall–Kier alpha value is -3.14. The van der Waals surface area contributed by atoms with E-state index in [2.05, 4.69) is 10.3 Å². The number of aromatic carboxylic acids is 1. The monoisotopic (exact) mass is 298 g/mol. The van der Waals surface area contributed by atoms with Crippen LogP contribution in [0.4, 0.5) is 0 Å². The smallest absolute Gasteiger partial charge is 0.354 e. The lowest BCUT2D eigenvalue weighted by molar-refractivity contribution is 0.0687. The zero-order chi connectivity index (χ0) is 16.3. The van der Waals surface area contributed by atoms with E-state index in [1.54, 1.807) is 32.9 Å². The molecule has 0 fully saturated rings. The molecule has 1 heterocycles. The van der Waals surface area contributed by atoms with E-state index in [4.69, 9.17) is 4.84 Å². The lowest BCUT2D eigenvalue weighted by Crippen LogP contribution is -2.08. The van der Waals surface area contributed by atoms with E-state index < -0.39 is 5.97 Å². The lowest BCUT2D eigenvalue weighted by atomic mass is 10.2. The Kier molecular flexibility index (Phi) is 4.23. The predicted molar refractivity (Wildman–Crippen MR) is 79.4 cm³/mol. The van der Waals surface area contributed by atoms with Gasteiger partial charge in [0, 0.05) is 0 Å². The van der Waals surface area contributed by atoms with E-state index in [0.29, 0.717) is 22.8 Å². The van der Waals surface area contributed by atoms with Gasteiger partial charge in [0.25, 0.3) is 0 Å². The van der Waals surface area contributed by atoms with Crippen LogP contribution in [0.25, 0.3) is 5.69 Å². The van der Waals surface area contributed by atoms with Gasteiger partial charge in [-0.15, -0.1) is 0 Å². The molecule has 0 atom stereocenters. The van der Waals surface area contributed by atoms with Crippen molar-refractivity contribution in [2.45, 2.75) is 20.8 Å². The van der Waals surface area contributed by atoms with Crippen LogP contribution in [0.1, 0.15) is 35.6 Å². The Morgan fingerprint density at radius 2 is 2.14 bits per heavy atom. The molecule has 0 aliphatic heterocycles. The first-order chi connectivity index (χ1) is 10.4. The third kappa shape index (κ3) is 3.12. The molecule has 0 aliphatic rings. The van der Waals surface area contributed by atoms with E-state index in [-0.39, 0.29) is 11.3 Å². The molecule has 7 nitrogen and oxygen atoms in total. The van der Waals surface area contributed by atoms with Gasteiger partial charge < -0.3 is 9.94 Å². The van der Waals surface area contributed by atoms with E-state index in [9.17, 15) is 15.2 Å². The summed E-state index contributed by atoms with van der Waals surface area (Å²) in [7, 11) is 0. The second-order valence-electron chi connectivity index (χ2n) is 4.81. The maximum Gasteiger partial charge on any atom is 0.354 e. The van der Waals surface area contributed by atoms with Gasteiger partial charge in [-0.1, -0.05) is 5.16 Å². The van der Waals surface area contributed by atoms with E-state index in [1.165, 1.54) is 16.8 Å². The summed E-state index contributed by atoms with van der Waals surface area (Å²) in [5.74, 6) is -0.793. The summed E-state index contributed by atoms with van der Waals surface area (Å²) in [5.41, 5.74) is 2.02. The molecule has 0 bridgehead atoms. The fourth-order valence-electron chi connectivity index (χ4n) is 1.81. The number of aromatic nitrogens is 2. The first-order valence-corrected chi connectivity index (χ1v) is 6.45. The number of nitriles is 1. The third-order valence-electron chi connectivity index (χ3n) is 2.71. The number of oxime groups is 1. The normalized spacial score (nSPS) is 9.91. The van der Waals surface area contributed by atoms with Gasteiger partial charge >= 0.3 is 5.97 Å². The van der Waals surface area contributed by atoms with E-state index >= 15 is 0 Å². The number of benzene rings is 1. The van der Waals surface area contributed by atoms with Gasteiger partial charge in [-0.2, -0.15) is 10.4 Å². The number of carbonyl (C=O) groups is 1. The molecule has 0 radical (unpaired) electrons. The summed E-state index contributed by atoms with van der Waals surface area (Å²) in [5, 5.41) is 26.4. The Morgan fingerprint density at radius 3 is 2.73 bits per heavy atom. The highest BCUT2D eigenvalue weighted by molar-refractivity contribution is 5.86. The maximum absolute atomic E-state index is 11.2. The molecule has 0 unspecified atom stereocenters. The largest absolute Gasteiger partial charge is 0.477 e. The average Bonchev–Trinajstić information content (AvgIpc) is 2.87. The number of hydrogen-bond donors (Lipinski definition) is 1. The van der Waals surface area contributed by atoms with Gasteiger partial charge in [-0.25, -0.2) is 9.48 Å². The van der Waals surface area contributed by atoms with Crippen LogP contribution >= 0.6 is 0 Å². The highest BCUT2D eigenvalue weighted by Crippen LogP contribution is 2.23. The summed E-state index contributed by atoms with van der Waals surface area (Å²) in [6, 6.07) is 8.15. The van der Waals surface area contributed by atoms with Crippen molar-refractivity contribution in [2.24, 2.45) is 5.16 Å². The molecule has 1 N–H and O–H groups in total. The van der Waals surface area contributed by atoms with Crippen molar-refractivity contribution in [3.63, 3.8) is 0 Å². The van der Waals surface area contributed by atoms with Crippen molar-refractivity contribution < 1.29 is 14.7 Å². The van der Waals surface area contributed by atoms with Crippen LogP contribution in [0.3, 0.4) is 0 Å². The van der Waals surface area contributed by atoms with Crippen molar-refractivity contribution >= 4 is 11.7 Å². The maximum atomic E-state index is 11.2. The highest BCUT2D eigenvalue weighted by Gasteiger charge is 2.15. The number of rotatable bonds is 4. The van der Waals surface area contributed by atoms with Crippen LogP contribution in [-0.2, 0) is 0 Å². The Labute approximate surface area is 127 Å². The minimum atomic E-state index is -1.09. The number of hydrogen-bond acceptors (Lipinski definition) is 5. The van der Waals surface area contributed by atoms with Crippen molar-refractivity contribution in [3.05, 3.63) is 41.2 Å². The standard InChI is InChI=1S/C15H14N4O3/c1-9(2)18-22-14-5-4-12(7-11(14)8-16)19-13(15(20)21)6-10(3)17-19/h4-7H,1-3H3,(H,20,21). The van der Waals surface area contributed by atoms with Gasteiger partial charge in [-0.05, 0) is 45.0 Å². The molecule has 7 heteroatoms. The minimum absolute atomic E-state index is 0.0254. The summed E-state index contributed by atoms with van der Waals surface area (Å²) in [6.45, 7) is 5.24. The summed E-state index contributed by atoms with van der Waals surface area (Å²) in [6.07, 6.45) is 0. The lowest BCUT2D eigenvalue weighted by Gasteiger charge is -2.07. The second kappa shape index (κ2) is 6.10. The number of carboxylic acids is 1. The molecule has 1 aromatic carbocycles. The van der Waals surface area contributed by atoms with Crippen molar-refractivity contribution in [1.29, 1.82) is 5.26 Å². The number of aryl methyl sites for hydroxylation is 1. The van der Waals surface area contributed by atoms with Gasteiger partial charge in [0.15, 0.2) is 11.4 Å². The van der Waals surface area contributed by atoms with E-state index in [1.807, 2.05) is 6.07 Å². The van der Waals surface area contributed by atoms with Gasteiger partial charge in [0.2, 0.25) is 0 Å². The SMILES string of the molecule is CC(C)=NOc1ccc(-n2nc(C)cc2C(=O)O)cc1C#N. The molecular weight excluding hydrogens is 284 g/mol. The molecule has 0 amide bonds. The van der Waals surface area contributed by atoms with Crippen LogP contribution in [0, 0.1) is 18.3 Å². The fourth-order valence-corrected chi connectivity index (χ4v) is 1.81. The first kappa shape index (κ1) is 15.3. The van der Waals surface area contributed by atoms with Crippen molar-refractivity contribution in [3.8, 4) is 17.5 Å². The zero-order valence-electron chi connectivity index (χ0n) is 12.4. The van der Waals surface area contributed by atoms with E-state index in [0.717, 1.165) is 0 Å². The molecule has 0 spiro atoms. The molecule has 0 aliphatic carbocycles. The van der Waals surface area contributed by atoms with Crippen molar-refractivity contribution in [2.75, 3.05) is 0 Å². The minimum Gasteiger partial charge on any atom is -0.477 e. The Morgan fingerprint density at radius 1 is 1.41 bits per heavy atom. The summed E-state index contributed by atoms with van der Waals surface area (Å²) >= 11 is 0. The molecule has 0 saturated heterocycles. The summed E-state index contributed by atoms with van der Waals surface area (Å²) < 4.78 is 1.27. The predicted octanol–water partition coefficient (Wildman–Crippen LogP) is 2.53. The summed E-state index contributed by atoms with van der Waals surface area (Å²) in [4.78, 5) is 16.4. The third-order valence-corrected chi connectivity index (χ3v) is 2.71. The number of nitrogens with zero attached hydrogens (tertiary/aromatic N) is 4. The molecule has 2 aromatic rings. The quantitative estimate of drug-likeness (QED) is 0.690. The first-order valence-electron chi connectivity index (χ1n) is 6.45. The molecule has 112 valence electrons. The molecule has 22 heavy (non-hydrogen) atoms. The Bertz CT molecular complexity index is 796. The van der Waals surface area contributed by atoms with Crippen LogP contribution in [0.15, 0.2) is 29.4 Å². The van der Waals surface area contributed by atoms with Gasteiger partial charge in [0.05, 0.1) is 22.7 Å². The molecule has 2 rings (SSSR count). The van der Waals surface area contributed by atoms with Gasteiger partial charge in [0.1, 0.15) is 6.07 Å². The highest BCUT2D eigenvalue weighted by atomic mass is 16.6. The van der Waals surface area contributed by atoms with Gasteiger partial charge in [-0.3, -0.25) is 0 Å². The molecule has 0 saturated carbocycles. The topological polar surface area (TPSA) is 100 Å². The second-order valence-corrected chi connectivity index (χ2v) is 4.81. The fraction of sp³-hybridized carbons (Fsp3) is 0.200. The van der Waals surface area contributed by atoms with Crippen molar-refractivity contribution in [1.82, 2.24) is 9.78 Å². The average molecular weight is 298 g/mol. The van der Waals surface area contributed by atoms with Crippen LogP contribution < -0.4 is 4.84 Å². The zero-order valence-corrected chi connectivity index (χ0v) is 12.4. The van der Waals surface area contributed by atoms with Crippen LogP contribution in [0.2, 0.25) is 0 Å². The molecule has 1 aromatic heterocycles. The Balaban J connectivity index is 2.49.